The van der Waals surface area contributed by atoms with Crippen LogP contribution in [0.3, 0.4) is 0 Å². The van der Waals surface area contributed by atoms with E-state index in [9.17, 15) is 0 Å². The van der Waals surface area contributed by atoms with Gasteiger partial charge in [-0.1, -0.05) is 0 Å². The first-order valence-electron chi connectivity index (χ1n) is 4.78. The van der Waals surface area contributed by atoms with E-state index in [1.807, 2.05) is 17.9 Å². The summed E-state index contributed by atoms with van der Waals surface area (Å²) >= 11 is 5.91. The zero-order chi connectivity index (χ0) is 9.31. The molecule has 2 nitrogen and oxygen atoms in total. The number of hydrogen-bond acceptors (Lipinski definition) is 1. The fourth-order valence-corrected chi connectivity index (χ4v) is 2.04. The topological polar surface area (TPSA) is 17.8 Å². The van der Waals surface area contributed by atoms with Crippen LogP contribution < -0.4 is 0 Å². The van der Waals surface area contributed by atoms with Crippen LogP contribution in [0.5, 0.6) is 0 Å². The first kappa shape index (κ1) is 9.07. The number of aromatic nitrogens is 2. The SMILES string of the molecule is Cn1cc(CCC2(CCl)CC2)cn1. The summed E-state index contributed by atoms with van der Waals surface area (Å²) in [4.78, 5) is 0. The van der Waals surface area contributed by atoms with Gasteiger partial charge in [-0.15, -0.1) is 11.6 Å². The molecule has 1 aliphatic rings. The van der Waals surface area contributed by atoms with Crippen LogP contribution in [0.15, 0.2) is 12.4 Å². The highest BCUT2D eigenvalue weighted by molar-refractivity contribution is 6.18. The van der Waals surface area contributed by atoms with E-state index >= 15 is 0 Å². The number of nitrogens with zero attached hydrogens (tertiary/aromatic N) is 2. The van der Waals surface area contributed by atoms with Crippen LogP contribution in [0.2, 0.25) is 0 Å². The summed E-state index contributed by atoms with van der Waals surface area (Å²) in [5, 5.41) is 4.15. The summed E-state index contributed by atoms with van der Waals surface area (Å²) in [5.74, 6) is 0.827. The molecule has 0 aromatic carbocycles. The van der Waals surface area contributed by atoms with Crippen LogP contribution in [0, 0.1) is 5.41 Å². The Balaban J connectivity index is 1.86. The van der Waals surface area contributed by atoms with E-state index in [1.165, 1.54) is 24.8 Å². The Kier molecular flexibility index (Phi) is 2.33. The van der Waals surface area contributed by atoms with Crippen molar-refractivity contribution in [2.45, 2.75) is 25.7 Å². The second kappa shape index (κ2) is 3.33. The average Bonchev–Trinajstić information content (AvgIpc) is 2.81. The summed E-state index contributed by atoms with van der Waals surface area (Å²) in [6.45, 7) is 0. The summed E-state index contributed by atoms with van der Waals surface area (Å²) in [6, 6.07) is 0. The summed E-state index contributed by atoms with van der Waals surface area (Å²) in [7, 11) is 1.96. The minimum Gasteiger partial charge on any atom is -0.276 e. The molecule has 13 heavy (non-hydrogen) atoms. The molecule has 1 saturated carbocycles. The molecule has 3 heteroatoms. The predicted molar refractivity (Wildman–Crippen MR) is 53.9 cm³/mol. The Hall–Kier alpha value is -0.500. The third-order valence-corrected chi connectivity index (χ3v) is 3.51. The highest BCUT2D eigenvalue weighted by Crippen LogP contribution is 2.50. The number of rotatable bonds is 4. The Morgan fingerprint density at radius 1 is 1.62 bits per heavy atom. The summed E-state index contributed by atoms with van der Waals surface area (Å²) in [5.41, 5.74) is 1.82. The standard InChI is InChI=1S/C10H15ClN2/c1-13-7-9(6-12-13)2-3-10(8-11)4-5-10/h6-7H,2-5,8H2,1H3. The lowest BCUT2D eigenvalue weighted by Gasteiger charge is -2.08. The minimum absolute atomic E-state index is 0.484. The van der Waals surface area contributed by atoms with Crippen molar-refractivity contribution in [3.63, 3.8) is 0 Å². The fraction of sp³-hybridized carbons (Fsp3) is 0.700. The van der Waals surface area contributed by atoms with E-state index in [0.29, 0.717) is 5.41 Å². The highest BCUT2D eigenvalue weighted by Gasteiger charge is 2.40. The van der Waals surface area contributed by atoms with Crippen molar-refractivity contribution in [1.82, 2.24) is 9.78 Å². The molecule has 0 radical (unpaired) electrons. The monoisotopic (exact) mass is 198 g/mol. The normalized spacial score (nSPS) is 18.9. The van der Waals surface area contributed by atoms with Gasteiger partial charge >= 0.3 is 0 Å². The van der Waals surface area contributed by atoms with Gasteiger partial charge in [0.15, 0.2) is 0 Å². The molecule has 0 saturated heterocycles. The van der Waals surface area contributed by atoms with E-state index in [4.69, 9.17) is 11.6 Å². The smallest absolute Gasteiger partial charge is 0.0521 e. The molecule has 0 aliphatic heterocycles. The van der Waals surface area contributed by atoms with Crippen molar-refractivity contribution in [1.29, 1.82) is 0 Å². The maximum Gasteiger partial charge on any atom is 0.0521 e. The van der Waals surface area contributed by atoms with Crippen molar-refractivity contribution in [2.24, 2.45) is 12.5 Å². The van der Waals surface area contributed by atoms with Gasteiger partial charge in [-0.25, -0.2) is 0 Å². The number of aryl methyl sites for hydroxylation is 2. The Morgan fingerprint density at radius 3 is 2.85 bits per heavy atom. The van der Waals surface area contributed by atoms with Crippen LogP contribution in [-0.4, -0.2) is 15.7 Å². The van der Waals surface area contributed by atoms with Crippen LogP contribution in [-0.2, 0) is 13.5 Å². The van der Waals surface area contributed by atoms with Crippen molar-refractivity contribution in [3.8, 4) is 0 Å². The van der Waals surface area contributed by atoms with Crippen LogP contribution in [0.4, 0.5) is 0 Å². The Bertz CT molecular complexity index is 289. The van der Waals surface area contributed by atoms with Crippen LogP contribution in [0.1, 0.15) is 24.8 Å². The maximum absolute atomic E-state index is 5.91. The first-order chi connectivity index (χ1) is 6.24. The fourth-order valence-electron chi connectivity index (χ4n) is 1.64. The number of halogens is 1. The number of alkyl halides is 1. The van der Waals surface area contributed by atoms with Gasteiger partial charge in [0.2, 0.25) is 0 Å². The van der Waals surface area contributed by atoms with Crippen molar-refractivity contribution >= 4 is 11.6 Å². The van der Waals surface area contributed by atoms with E-state index in [2.05, 4.69) is 11.3 Å². The quantitative estimate of drug-likeness (QED) is 0.680. The zero-order valence-corrected chi connectivity index (χ0v) is 8.72. The molecule has 1 aromatic rings. The molecule has 0 amide bonds. The molecular weight excluding hydrogens is 184 g/mol. The summed E-state index contributed by atoms with van der Waals surface area (Å²) in [6.07, 6.45) is 9.02. The predicted octanol–water partition coefficient (Wildman–Crippen LogP) is 2.37. The maximum atomic E-state index is 5.91. The zero-order valence-electron chi connectivity index (χ0n) is 7.96. The molecule has 1 aromatic heterocycles. The molecule has 2 rings (SSSR count). The molecule has 1 fully saturated rings. The van der Waals surface area contributed by atoms with Crippen LogP contribution in [0.25, 0.3) is 0 Å². The Morgan fingerprint density at radius 2 is 2.38 bits per heavy atom. The van der Waals surface area contributed by atoms with Crippen molar-refractivity contribution < 1.29 is 0 Å². The minimum atomic E-state index is 0.484. The molecule has 1 heterocycles. The average molecular weight is 199 g/mol. The Labute approximate surface area is 83.9 Å². The van der Waals surface area contributed by atoms with Gasteiger partial charge in [0.1, 0.15) is 0 Å². The first-order valence-corrected chi connectivity index (χ1v) is 5.31. The molecule has 0 bridgehead atoms. The van der Waals surface area contributed by atoms with E-state index in [1.54, 1.807) is 0 Å². The lowest BCUT2D eigenvalue weighted by atomic mass is 10.0. The van der Waals surface area contributed by atoms with Crippen molar-refractivity contribution in [3.05, 3.63) is 18.0 Å². The second-order valence-corrected chi connectivity index (χ2v) is 4.42. The lowest BCUT2D eigenvalue weighted by Crippen LogP contribution is -2.03. The van der Waals surface area contributed by atoms with E-state index < -0.39 is 0 Å². The number of hydrogen-bond donors (Lipinski definition) is 0. The van der Waals surface area contributed by atoms with Gasteiger partial charge in [0, 0.05) is 19.1 Å². The largest absolute Gasteiger partial charge is 0.276 e. The summed E-state index contributed by atoms with van der Waals surface area (Å²) < 4.78 is 1.86. The van der Waals surface area contributed by atoms with E-state index in [-0.39, 0.29) is 0 Å². The van der Waals surface area contributed by atoms with Gasteiger partial charge in [-0.3, -0.25) is 4.68 Å². The molecule has 0 unspecified atom stereocenters. The molecule has 0 atom stereocenters. The van der Waals surface area contributed by atoms with Gasteiger partial charge in [-0.2, -0.15) is 5.10 Å². The molecule has 0 spiro atoms. The third-order valence-electron chi connectivity index (χ3n) is 2.94. The van der Waals surface area contributed by atoms with Crippen molar-refractivity contribution in [2.75, 3.05) is 5.88 Å². The van der Waals surface area contributed by atoms with Gasteiger partial charge < -0.3 is 0 Å². The van der Waals surface area contributed by atoms with Gasteiger partial charge in [0.05, 0.1) is 6.20 Å². The lowest BCUT2D eigenvalue weighted by molar-refractivity contribution is 0.525. The molecular formula is C10H15ClN2. The van der Waals surface area contributed by atoms with Gasteiger partial charge in [-0.05, 0) is 36.7 Å². The molecule has 72 valence electrons. The molecule has 1 aliphatic carbocycles. The molecule has 0 N–H and O–H groups in total. The van der Waals surface area contributed by atoms with Crippen LogP contribution >= 0.6 is 11.6 Å². The van der Waals surface area contributed by atoms with E-state index in [0.717, 1.165) is 12.3 Å². The third kappa shape index (κ3) is 2.05. The van der Waals surface area contributed by atoms with Gasteiger partial charge in [0.25, 0.3) is 0 Å². The second-order valence-electron chi connectivity index (χ2n) is 4.16. The highest BCUT2D eigenvalue weighted by atomic mass is 35.5.